The molecule has 0 radical (unpaired) electrons. The average molecular weight is 368 g/mol. The van der Waals surface area contributed by atoms with Gasteiger partial charge in [0, 0.05) is 5.39 Å². The number of ether oxygens (including phenoxy) is 1. The molecular formula is C15H18BrN3O3. The van der Waals surface area contributed by atoms with E-state index in [1.54, 1.807) is 24.6 Å². The summed E-state index contributed by atoms with van der Waals surface area (Å²) in [4.78, 5) is 16.9. The Morgan fingerprint density at radius 2 is 2.27 bits per heavy atom. The quantitative estimate of drug-likeness (QED) is 0.663. The van der Waals surface area contributed by atoms with Crippen molar-refractivity contribution in [2.24, 2.45) is 0 Å². The normalized spacial score (nSPS) is 18.0. The van der Waals surface area contributed by atoms with E-state index in [9.17, 15) is 9.90 Å². The standard InChI is InChI=1S/C15H18BrN3O3/c1-3-22-14(21)15(7-4-8-15)19-13-10(5-6-11(16)17-13)12(18-19)9(2)20/h5-6,9,20H,3-4,7-8H2,1-2H3. The highest BCUT2D eigenvalue weighted by molar-refractivity contribution is 9.10. The SMILES string of the molecule is CCOC(=O)C1(n2nc(C(C)O)c3ccc(Br)nc32)CCC1. The van der Waals surface area contributed by atoms with Gasteiger partial charge in [-0.2, -0.15) is 5.10 Å². The zero-order valence-corrected chi connectivity index (χ0v) is 14.1. The average Bonchev–Trinajstić information content (AvgIpc) is 2.77. The fourth-order valence-electron chi connectivity index (χ4n) is 2.88. The smallest absolute Gasteiger partial charge is 0.334 e. The minimum atomic E-state index is -0.796. The topological polar surface area (TPSA) is 77.2 Å². The maximum atomic E-state index is 12.5. The van der Waals surface area contributed by atoms with Crippen molar-refractivity contribution in [2.45, 2.75) is 44.8 Å². The molecule has 7 heteroatoms. The van der Waals surface area contributed by atoms with Gasteiger partial charge >= 0.3 is 5.97 Å². The molecular weight excluding hydrogens is 350 g/mol. The number of rotatable bonds is 4. The number of fused-ring (bicyclic) bond motifs is 1. The number of aromatic nitrogens is 3. The molecule has 0 bridgehead atoms. The minimum Gasteiger partial charge on any atom is -0.464 e. The van der Waals surface area contributed by atoms with Crippen LogP contribution in [0.1, 0.15) is 44.9 Å². The fraction of sp³-hybridized carbons (Fsp3) is 0.533. The van der Waals surface area contributed by atoms with Crippen LogP contribution in [0.5, 0.6) is 0 Å². The Kier molecular flexibility index (Phi) is 3.94. The highest BCUT2D eigenvalue weighted by Crippen LogP contribution is 2.42. The van der Waals surface area contributed by atoms with Gasteiger partial charge in [-0.1, -0.05) is 0 Å². The summed E-state index contributed by atoms with van der Waals surface area (Å²) < 4.78 is 7.56. The van der Waals surface area contributed by atoms with Crippen molar-refractivity contribution in [3.63, 3.8) is 0 Å². The zero-order chi connectivity index (χ0) is 15.9. The third kappa shape index (κ3) is 2.23. The van der Waals surface area contributed by atoms with Crippen molar-refractivity contribution in [1.82, 2.24) is 14.8 Å². The van der Waals surface area contributed by atoms with Crippen molar-refractivity contribution in [3.8, 4) is 0 Å². The number of aliphatic hydroxyl groups excluding tert-OH is 1. The number of hydrogen-bond acceptors (Lipinski definition) is 5. The third-order valence-corrected chi connectivity index (χ3v) is 4.60. The van der Waals surface area contributed by atoms with E-state index in [-0.39, 0.29) is 5.97 Å². The predicted octanol–water partition coefficient (Wildman–Crippen LogP) is 2.69. The lowest BCUT2D eigenvalue weighted by molar-refractivity contribution is -0.159. The first kappa shape index (κ1) is 15.4. The summed E-state index contributed by atoms with van der Waals surface area (Å²) in [6.45, 7) is 3.79. The molecule has 0 spiro atoms. The number of aliphatic hydroxyl groups is 1. The van der Waals surface area contributed by atoms with Gasteiger partial charge < -0.3 is 9.84 Å². The molecule has 1 atom stereocenters. The van der Waals surface area contributed by atoms with Crippen molar-refractivity contribution in [3.05, 3.63) is 22.4 Å². The zero-order valence-electron chi connectivity index (χ0n) is 12.5. The van der Waals surface area contributed by atoms with Gasteiger partial charge in [0.1, 0.15) is 10.3 Å². The van der Waals surface area contributed by atoms with Crippen LogP contribution in [0.4, 0.5) is 0 Å². The van der Waals surface area contributed by atoms with Gasteiger partial charge in [0.15, 0.2) is 11.2 Å². The Morgan fingerprint density at radius 3 is 2.82 bits per heavy atom. The largest absolute Gasteiger partial charge is 0.464 e. The van der Waals surface area contributed by atoms with Crippen LogP contribution in [0.3, 0.4) is 0 Å². The van der Waals surface area contributed by atoms with E-state index in [1.165, 1.54) is 0 Å². The molecule has 0 aliphatic heterocycles. The van der Waals surface area contributed by atoms with Crippen molar-refractivity contribution in [2.75, 3.05) is 6.61 Å². The van der Waals surface area contributed by atoms with Crippen LogP contribution >= 0.6 is 15.9 Å². The predicted molar refractivity (Wildman–Crippen MR) is 84.3 cm³/mol. The van der Waals surface area contributed by atoms with Crippen LogP contribution < -0.4 is 0 Å². The van der Waals surface area contributed by atoms with E-state index in [2.05, 4.69) is 26.0 Å². The molecule has 3 rings (SSSR count). The maximum Gasteiger partial charge on any atom is 0.334 e. The van der Waals surface area contributed by atoms with E-state index in [0.29, 0.717) is 35.4 Å². The Labute approximate surface area is 136 Å². The summed E-state index contributed by atoms with van der Waals surface area (Å²) >= 11 is 3.36. The van der Waals surface area contributed by atoms with E-state index in [4.69, 9.17) is 4.74 Å². The Hall–Kier alpha value is -1.47. The summed E-state index contributed by atoms with van der Waals surface area (Å²) in [6, 6.07) is 3.66. The van der Waals surface area contributed by atoms with Gasteiger partial charge in [0.05, 0.1) is 12.7 Å². The van der Waals surface area contributed by atoms with Gasteiger partial charge in [-0.05, 0) is 61.2 Å². The summed E-state index contributed by atoms with van der Waals surface area (Å²) in [5, 5.41) is 15.2. The van der Waals surface area contributed by atoms with Gasteiger partial charge in [-0.3, -0.25) is 0 Å². The molecule has 22 heavy (non-hydrogen) atoms. The molecule has 0 saturated heterocycles. The van der Waals surface area contributed by atoms with Crippen molar-refractivity contribution >= 4 is 32.9 Å². The van der Waals surface area contributed by atoms with Crippen LogP contribution in [0, 0.1) is 0 Å². The van der Waals surface area contributed by atoms with Gasteiger partial charge in [-0.25, -0.2) is 14.5 Å². The van der Waals surface area contributed by atoms with Crippen LogP contribution in [0.25, 0.3) is 11.0 Å². The van der Waals surface area contributed by atoms with E-state index in [1.807, 2.05) is 6.07 Å². The molecule has 1 fully saturated rings. The Balaban J connectivity index is 2.21. The molecule has 2 aromatic rings. The first-order valence-corrected chi connectivity index (χ1v) is 8.20. The summed E-state index contributed by atoms with van der Waals surface area (Å²) in [6.07, 6.45) is 1.57. The molecule has 1 saturated carbocycles. The molecule has 2 heterocycles. The number of esters is 1. The molecule has 1 aliphatic carbocycles. The van der Waals surface area contributed by atoms with Gasteiger partial charge in [0.25, 0.3) is 0 Å². The minimum absolute atomic E-state index is 0.274. The third-order valence-electron chi connectivity index (χ3n) is 4.16. The number of hydrogen-bond donors (Lipinski definition) is 1. The summed E-state index contributed by atoms with van der Waals surface area (Å²) in [5.74, 6) is -0.274. The van der Waals surface area contributed by atoms with Crippen LogP contribution in [0.15, 0.2) is 16.7 Å². The lowest BCUT2D eigenvalue weighted by Gasteiger charge is -2.39. The second kappa shape index (κ2) is 5.62. The molecule has 0 aromatic carbocycles. The number of carbonyl (C=O) groups is 1. The molecule has 1 unspecified atom stereocenters. The molecule has 1 aliphatic rings. The maximum absolute atomic E-state index is 12.5. The van der Waals surface area contributed by atoms with Crippen LogP contribution in [0.2, 0.25) is 0 Å². The Bertz CT molecular complexity index is 722. The first-order chi connectivity index (χ1) is 10.5. The Morgan fingerprint density at radius 1 is 1.55 bits per heavy atom. The number of pyridine rings is 1. The first-order valence-electron chi connectivity index (χ1n) is 7.40. The molecule has 0 amide bonds. The number of nitrogens with zero attached hydrogens (tertiary/aromatic N) is 3. The fourth-order valence-corrected chi connectivity index (χ4v) is 3.18. The molecule has 1 N–H and O–H groups in total. The second-order valence-electron chi connectivity index (χ2n) is 5.58. The molecule has 2 aromatic heterocycles. The number of halogens is 1. The summed E-state index contributed by atoms with van der Waals surface area (Å²) in [5.41, 5.74) is 0.332. The van der Waals surface area contributed by atoms with Crippen molar-refractivity contribution in [1.29, 1.82) is 0 Å². The van der Waals surface area contributed by atoms with Crippen LogP contribution in [-0.4, -0.2) is 32.4 Å². The number of carbonyl (C=O) groups excluding carboxylic acids is 1. The molecule has 118 valence electrons. The highest BCUT2D eigenvalue weighted by Gasteiger charge is 2.49. The van der Waals surface area contributed by atoms with Crippen LogP contribution in [-0.2, 0) is 15.1 Å². The highest BCUT2D eigenvalue weighted by atomic mass is 79.9. The van der Waals surface area contributed by atoms with E-state index < -0.39 is 11.6 Å². The second-order valence-corrected chi connectivity index (χ2v) is 6.40. The lowest BCUT2D eigenvalue weighted by Crippen LogP contribution is -2.49. The van der Waals surface area contributed by atoms with Gasteiger partial charge in [0.2, 0.25) is 0 Å². The van der Waals surface area contributed by atoms with Gasteiger partial charge in [-0.15, -0.1) is 0 Å². The van der Waals surface area contributed by atoms with E-state index in [0.717, 1.165) is 11.8 Å². The summed E-state index contributed by atoms with van der Waals surface area (Å²) in [7, 11) is 0. The van der Waals surface area contributed by atoms with Crippen molar-refractivity contribution < 1.29 is 14.6 Å². The van der Waals surface area contributed by atoms with E-state index >= 15 is 0 Å². The lowest BCUT2D eigenvalue weighted by atomic mass is 9.77. The molecule has 6 nitrogen and oxygen atoms in total. The monoisotopic (exact) mass is 367 g/mol.